The minimum Gasteiger partial charge on any atom is -0.465 e. The summed E-state index contributed by atoms with van der Waals surface area (Å²) < 4.78 is 26.8. The van der Waals surface area contributed by atoms with E-state index in [-0.39, 0.29) is 18.7 Å². The first-order valence-electron chi connectivity index (χ1n) is 7.10. The van der Waals surface area contributed by atoms with Crippen LogP contribution in [0.3, 0.4) is 0 Å². The molecule has 0 aromatic carbocycles. The fraction of sp³-hybridized carbons (Fsp3) is 0.786. The number of hydrogen-bond donors (Lipinski definition) is 1. The van der Waals surface area contributed by atoms with E-state index in [1.54, 1.807) is 20.8 Å². The van der Waals surface area contributed by atoms with Crippen LogP contribution in [0.5, 0.6) is 0 Å². The lowest BCUT2D eigenvalue weighted by Gasteiger charge is -2.46. The molecule has 0 unspecified atom stereocenters. The molecule has 0 saturated carbocycles. The van der Waals surface area contributed by atoms with Crippen molar-refractivity contribution in [3.05, 3.63) is 0 Å². The molecule has 2 heterocycles. The molecule has 0 spiro atoms. The van der Waals surface area contributed by atoms with Crippen molar-refractivity contribution in [3.63, 3.8) is 0 Å². The van der Waals surface area contributed by atoms with Crippen LogP contribution in [0.15, 0.2) is 0 Å². The van der Waals surface area contributed by atoms with Crippen molar-refractivity contribution in [1.29, 1.82) is 0 Å². The zero-order valence-electron chi connectivity index (χ0n) is 12.8. The minimum atomic E-state index is -1.78. The monoisotopic (exact) mass is 318 g/mol. The number of amides is 2. The third-order valence-electron chi connectivity index (χ3n) is 4.54. The van der Waals surface area contributed by atoms with Crippen molar-refractivity contribution >= 4 is 17.8 Å². The summed E-state index contributed by atoms with van der Waals surface area (Å²) in [6, 6.07) is 0. The molecule has 22 heavy (non-hydrogen) atoms. The Morgan fingerprint density at radius 2 is 1.73 bits per heavy atom. The Hall–Kier alpha value is -1.73. The van der Waals surface area contributed by atoms with Crippen LogP contribution in [0.2, 0.25) is 0 Å². The highest BCUT2D eigenvalue weighted by Gasteiger charge is 2.62. The topological polar surface area (TPSA) is 77.9 Å². The Balaban J connectivity index is 2.45. The molecule has 6 nitrogen and oxygen atoms in total. The molecule has 0 radical (unpaired) electrons. The van der Waals surface area contributed by atoms with Crippen molar-refractivity contribution in [2.75, 3.05) is 19.6 Å². The van der Waals surface area contributed by atoms with Crippen LogP contribution in [0, 0.1) is 5.41 Å². The maximum absolute atomic E-state index is 13.4. The predicted molar refractivity (Wildman–Crippen MR) is 72.9 cm³/mol. The van der Waals surface area contributed by atoms with Crippen molar-refractivity contribution < 1.29 is 28.3 Å². The summed E-state index contributed by atoms with van der Waals surface area (Å²) >= 11 is 0. The molecule has 2 aliphatic rings. The first-order chi connectivity index (χ1) is 10.0. The number of likely N-dealkylation sites (tertiary alicyclic amines) is 2. The quantitative estimate of drug-likeness (QED) is 0.789. The van der Waals surface area contributed by atoms with Crippen LogP contribution in [-0.2, 0) is 9.59 Å². The normalized spacial score (nSPS) is 32.7. The second kappa shape index (κ2) is 5.17. The number of hydrogen-bond acceptors (Lipinski definition) is 3. The molecular weight excluding hydrogens is 298 g/mol. The van der Waals surface area contributed by atoms with Crippen molar-refractivity contribution in [1.82, 2.24) is 9.80 Å². The number of carbonyl (C=O) groups excluding carboxylic acids is 2. The summed E-state index contributed by atoms with van der Waals surface area (Å²) in [6.07, 6.45) is -5.22. The molecule has 0 aliphatic carbocycles. The lowest BCUT2D eigenvalue weighted by atomic mass is 9.70. The van der Waals surface area contributed by atoms with Crippen LogP contribution >= 0.6 is 0 Å². The Kier molecular flexibility index (Phi) is 3.91. The largest absolute Gasteiger partial charge is 0.465 e. The zero-order valence-corrected chi connectivity index (χ0v) is 12.8. The lowest BCUT2D eigenvalue weighted by molar-refractivity contribution is -0.148. The third-order valence-corrected chi connectivity index (χ3v) is 4.54. The van der Waals surface area contributed by atoms with E-state index >= 15 is 0 Å². The van der Waals surface area contributed by atoms with Crippen molar-refractivity contribution in [2.24, 2.45) is 5.41 Å². The molecule has 2 amide bonds. The maximum atomic E-state index is 13.4. The van der Waals surface area contributed by atoms with Gasteiger partial charge < -0.3 is 10.0 Å². The minimum absolute atomic E-state index is 0.272. The Labute approximate surface area is 127 Å². The van der Waals surface area contributed by atoms with Gasteiger partial charge in [-0.2, -0.15) is 0 Å². The summed E-state index contributed by atoms with van der Waals surface area (Å²) in [6.45, 7) is 3.73. The summed E-state index contributed by atoms with van der Waals surface area (Å²) in [7, 11) is 0. The first-order valence-corrected chi connectivity index (χ1v) is 7.10. The number of Topliss-reactive ketones (excluding diaryl/α,β-unsaturated/α-hetero) is 1. The summed E-state index contributed by atoms with van der Waals surface area (Å²) in [5.74, 6) is -1.07. The van der Waals surface area contributed by atoms with Crippen LogP contribution in [0.4, 0.5) is 13.6 Å². The number of carbonyl (C=O) groups is 3. The SMILES string of the molecule is CC(C)(C)[C@]1(C(=O)N2C[C@@H](F)[C@@H](F)C2)CC(=O)CN1C(=O)O. The van der Waals surface area contributed by atoms with Gasteiger partial charge in [0, 0.05) is 6.42 Å². The third kappa shape index (κ3) is 2.34. The predicted octanol–water partition coefficient (Wildman–Crippen LogP) is 1.24. The van der Waals surface area contributed by atoms with E-state index in [4.69, 9.17) is 0 Å². The molecule has 0 bridgehead atoms. The number of nitrogens with zero attached hydrogens (tertiary/aromatic N) is 2. The van der Waals surface area contributed by atoms with E-state index in [0.717, 1.165) is 9.80 Å². The summed E-state index contributed by atoms with van der Waals surface area (Å²) in [5.41, 5.74) is -2.52. The fourth-order valence-electron chi connectivity index (χ4n) is 3.31. The molecule has 2 aliphatic heterocycles. The number of halogens is 2. The van der Waals surface area contributed by atoms with Gasteiger partial charge in [0.05, 0.1) is 19.6 Å². The van der Waals surface area contributed by atoms with Crippen LogP contribution < -0.4 is 0 Å². The summed E-state index contributed by atoms with van der Waals surface area (Å²) in [4.78, 5) is 38.1. The van der Waals surface area contributed by atoms with Crippen molar-refractivity contribution in [2.45, 2.75) is 45.1 Å². The fourth-order valence-corrected chi connectivity index (χ4v) is 3.31. The number of ketones is 1. The molecular formula is C14H20F2N2O4. The van der Waals surface area contributed by atoms with E-state index < -0.39 is 48.4 Å². The van der Waals surface area contributed by atoms with Gasteiger partial charge in [-0.1, -0.05) is 20.8 Å². The standard InChI is InChI=1S/C14H20F2N2O4/c1-13(2,3)14(4-8(19)5-18(14)12(21)22)11(20)17-6-9(15)10(16)7-17/h9-10H,4-7H2,1-3H3,(H,21,22)/t9-,10+,14-/m1/s1. The molecule has 2 saturated heterocycles. The van der Waals surface area contributed by atoms with Gasteiger partial charge in [0.2, 0.25) is 5.91 Å². The summed E-state index contributed by atoms with van der Waals surface area (Å²) in [5, 5.41) is 9.38. The number of carboxylic acid groups (broad SMARTS) is 1. The second-order valence-electron chi connectivity index (χ2n) is 6.94. The van der Waals surface area contributed by atoms with Crippen LogP contribution in [0.1, 0.15) is 27.2 Å². The van der Waals surface area contributed by atoms with Crippen LogP contribution in [0.25, 0.3) is 0 Å². The molecule has 0 aromatic heterocycles. The van der Waals surface area contributed by atoms with Crippen LogP contribution in [-0.4, -0.2) is 70.2 Å². The molecule has 124 valence electrons. The van der Waals surface area contributed by atoms with Gasteiger partial charge >= 0.3 is 6.09 Å². The molecule has 8 heteroatoms. The van der Waals surface area contributed by atoms with E-state index in [0.29, 0.717) is 0 Å². The molecule has 2 rings (SSSR count). The molecule has 1 N–H and O–H groups in total. The number of rotatable bonds is 1. The van der Waals surface area contributed by atoms with E-state index in [2.05, 4.69) is 0 Å². The van der Waals surface area contributed by atoms with E-state index in [9.17, 15) is 28.3 Å². The average Bonchev–Trinajstić information content (AvgIpc) is 2.90. The highest BCUT2D eigenvalue weighted by Crippen LogP contribution is 2.44. The maximum Gasteiger partial charge on any atom is 0.408 e. The van der Waals surface area contributed by atoms with Gasteiger partial charge in [-0.05, 0) is 5.41 Å². The van der Waals surface area contributed by atoms with Gasteiger partial charge in [0.1, 0.15) is 5.54 Å². The molecule has 3 atom stereocenters. The van der Waals surface area contributed by atoms with E-state index in [1.165, 1.54) is 0 Å². The average molecular weight is 318 g/mol. The zero-order chi connectivity index (χ0) is 16.9. The number of alkyl halides is 2. The lowest BCUT2D eigenvalue weighted by Crippen LogP contribution is -2.64. The van der Waals surface area contributed by atoms with Gasteiger partial charge in [0.15, 0.2) is 18.1 Å². The Bertz CT molecular complexity index is 509. The van der Waals surface area contributed by atoms with Gasteiger partial charge in [-0.25, -0.2) is 13.6 Å². The second-order valence-corrected chi connectivity index (χ2v) is 6.94. The Morgan fingerprint density at radius 3 is 2.14 bits per heavy atom. The Morgan fingerprint density at radius 1 is 1.23 bits per heavy atom. The smallest absolute Gasteiger partial charge is 0.408 e. The van der Waals surface area contributed by atoms with Crippen molar-refractivity contribution in [3.8, 4) is 0 Å². The molecule has 2 fully saturated rings. The van der Waals surface area contributed by atoms with Gasteiger partial charge in [0.25, 0.3) is 0 Å². The highest BCUT2D eigenvalue weighted by atomic mass is 19.2. The molecule has 0 aromatic rings. The first kappa shape index (κ1) is 16.6. The van der Waals surface area contributed by atoms with Gasteiger partial charge in [-0.3, -0.25) is 14.5 Å². The van der Waals surface area contributed by atoms with E-state index in [1.807, 2.05) is 0 Å². The van der Waals surface area contributed by atoms with Gasteiger partial charge in [-0.15, -0.1) is 0 Å². The highest BCUT2D eigenvalue weighted by molar-refractivity contribution is 6.01.